The molecule has 0 radical (unpaired) electrons. The van der Waals surface area contributed by atoms with Gasteiger partial charge in [-0.3, -0.25) is 14.9 Å². The molecule has 0 amide bonds. The van der Waals surface area contributed by atoms with Gasteiger partial charge in [0.25, 0.3) is 0 Å². The summed E-state index contributed by atoms with van der Waals surface area (Å²) in [4.78, 5) is 28.7. The maximum absolute atomic E-state index is 13.4. The molecule has 0 aliphatic rings. The van der Waals surface area contributed by atoms with E-state index in [0.29, 0.717) is 11.1 Å². The highest BCUT2D eigenvalue weighted by atomic mass is 16.6. The van der Waals surface area contributed by atoms with E-state index in [4.69, 9.17) is 0 Å². The Bertz CT molecular complexity index is 965. The SMILES string of the molecule is C=C(C(c1ccccc1)C(C(=O)c1nccn1C)c1ccccc1)[N+](=O)[O-]. The first-order valence-corrected chi connectivity index (χ1v) is 8.45. The van der Waals surface area contributed by atoms with E-state index in [2.05, 4.69) is 11.6 Å². The number of aromatic nitrogens is 2. The molecule has 0 bridgehead atoms. The molecule has 0 saturated carbocycles. The van der Waals surface area contributed by atoms with Gasteiger partial charge in [-0.25, -0.2) is 4.98 Å². The van der Waals surface area contributed by atoms with Crippen LogP contribution in [0.1, 0.15) is 33.6 Å². The van der Waals surface area contributed by atoms with Crippen molar-refractivity contribution in [3.05, 3.63) is 112 Å². The number of carbonyl (C=O) groups excluding carboxylic acids is 1. The van der Waals surface area contributed by atoms with Gasteiger partial charge in [0.2, 0.25) is 11.5 Å². The number of benzene rings is 2. The van der Waals surface area contributed by atoms with Gasteiger partial charge >= 0.3 is 0 Å². The van der Waals surface area contributed by atoms with E-state index in [0.717, 1.165) is 0 Å². The van der Waals surface area contributed by atoms with Crippen LogP contribution < -0.4 is 0 Å². The van der Waals surface area contributed by atoms with Crippen molar-refractivity contribution in [2.24, 2.45) is 7.05 Å². The summed E-state index contributed by atoms with van der Waals surface area (Å²) in [6, 6.07) is 18.0. The molecule has 6 nitrogen and oxygen atoms in total. The van der Waals surface area contributed by atoms with Crippen molar-refractivity contribution >= 4 is 5.78 Å². The fourth-order valence-electron chi connectivity index (χ4n) is 3.25. The molecule has 2 unspecified atom stereocenters. The first kappa shape index (κ1) is 18.3. The topological polar surface area (TPSA) is 78.0 Å². The Morgan fingerprint density at radius 3 is 2.00 bits per heavy atom. The molecular formula is C21H19N3O3. The van der Waals surface area contributed by atoms with E-state index in [9.17, 15) is 14.9 Å². The molecule has 0 N–H and O–H groups in total. The van der Waals surface area contributed by atoms with Crippen LogP contribution >= 0.6 is 0 Å². The second-order valence-electron chi connectivity index (χ2n) is 6.25. The number of imidazole rings is 1. The maximum atomic E-state index is 13.4. The van der Waals surface area contributed by atoms with Crippen molar-refractivity contribution in [3.63, 3.8) is 0 Å². The Balaban J connectivity index is 2.20. The number of nitro groups is 1. The molecule has 0 saturated heterocycles. The van der Waals surface area contributed by atoms with Crippen LogP contribution in [0.25, 0.3) is 0 Å². The van der Waals surface area contributed by atoms with E-state index in [1.807, 2.05) is 24.3 Å². The van der Waals surface area contributed by atoms with Crippen LogP contribution in [0.2, 0.25) is 0 Å². The van der Waals surface area contributed by atoms with Crippen LogP contribution in [-0.4, -0.2) is 20.3 Å². The average Bonchev–Trinajstić information content (AvgIpc) is 3.12. The lowest BCUT2D eigenvalue weighted by molar-refractivity contribution is -0.429. The molecule has 0 spiro atoms. The standard InChI is InChI=1S/C21H19N3O3/c1-15(24(26)27)18(16-9-5-3-6-10-16)19(17-11-7-4-8-12-17)20(25)21-22-13-14-23(21)2/h3-14,18-19H,1H2,2H3. The van der Waals surface area contributed by atoms with Gasteiger partial charge in [0, 0.05) is 19.4 Å². The number of carbonyl (C=O) groups is 1. The zero-order valence-electron chi connectivity index (χ0n) is 14.9. The van der Waals surface area contributed by atoms with Crippen LogP contribution in [0, 0.1) is 10.1 Å². The summed E-state index contributed by atoms with van der Waals surface area (Å²) in [6.45, 7) is 3.68. The quantitative estimate of drug-likeness (QED) is 0.362. The van der Waals surface area contributed by atoms with Crippen molar-refractivity contribution in [2.45, 2.75) is 11.8 Å². The molecule has 0 aliphatic carbocycles. The normalized spacial score (nSPS) is 12.9. The summed E-state index contributed by atoms with van der Waals surface area (Å²) < 4.78 is 1.62. The van der Waals surface area contributed by atoms with Crippen molar-refractivity contribution in [1.82, 2.24) is 9.55 Å². The second kappa shape index (κ2) is 7.78. The van der Waals surface area contributed by atoms with Crippen LogP contribution in [0.15, 0.2) is 85.3 Å². The van der Waals surface area contributed by atoms with Gasteiger partial charge in [-0.2, -0.15) is 0 Å². The Kier molecular flexibility index (Phi) is 5.26. The highest BCUT2D eigenvalue weighted by Gasteiger charge is 2.39. The van der Waals surface area contributed by atoms with Crippen molar-refractivity contribution in [3.8, 4) is 0 Å². The minimum atomic E-state index is -0.812. The number of hydrogen-bond donors (Lipinski definition) is 0. The monoisotopic (exact) mass is 361 g/mol. The fourth-order valence-corrected chi connectivity index (χ4v) is 3.25. The molecule has 1 aromatic heterocycles. The lowest BCUT2D eigenvalue weighted by atomic mass is 9.77. The highest BCUT2D eigenvalue weighted by Crippen LogP contribution is 2.40. The van der Waals surface area contributed by atoms with Gasteiger partial charge in [-0.15, -0.1) is 0 Å². The Morgan fingerprint density at radius 1 is 1.04 bits per heavy atom. The third kappa shape index (κ3) is 3.69. The molecular weight excluding hydrogens is 342 g/mol. The summed E-state index contributed by atoms with van der Waals surface area (Å²) in [5.41, 5.74) is 1.12. The molecule has 136 valence electrons. The summed E-state index contributed by atoms with van der Waals surface area (Å²) >= 11 is 0. The fraction of sp³-hybridized carbons (Fsp3) is 0.143. The van der Waals surface area contributed by atoms with Gasteiger partial charge in [-0.05, 0) is 17.7 Å². The molecule has 3 rings (SSSR count). The second-order valence-corrected chi connectivity index (χ2v) is 6.25. The van der Waals surface area contributed by atoms with Gasteiger partial charge in [-0.1, -0.05) is 60.7 Å². The number of ketones is 1. The largest absolute Gasteiger partial charge is 0.332 e. The lowest BCUT2D eigenvalue weighted by Gasteiger charge is -2.24. The number of rotatable bonds is 7. The first-order valence-electron chi connectivity index (χ1n) is 8.45. The van der Waals surface area contributed by atoms with Crippen molar-refractivity contribution in [1.29, 1.82) is 0 Å². The maximum Gasteiger partial charge on any atom is 0.247 e. The molecule has 1 heterocycles. The summed E-state index contributed by atoms with van der Waals surface area (Å²) in [5.74, 6) is -1.66. The van der Waals surface area contributed by atoms with Crippen molar-refractivity contribution < 1.29 is 9.72 Å². The van der Waals surface area contributed by atoms with Crippen LogP contribution in [0.4, 0.5) is 0 Å². The number of hydrogen-bond acceptors (Lipinski definition) is 4. The Hall–Kier alpha value is -3.54. The molecule has 0 aliphatic heterocycles. The minimum Gasteiger partial charge on any atom is -0.332 e. The van der Waals surface area contributed by atoms with Gasteiger partial charge < -0.3 is 4.57 Å². The zero-order chi connectivity index (χ0) is 19.4. The predicted molar refractivity (Wildman–Crippen MR) is 102 cm³/mol. The Morgan fingerprint density at radius 2 is 1.56 bits per heavy atom. The number of aryl methyl sites for hydroxylation is 1. The summed E-state index contributed by atoms with van der Waals surface area (Å²) in [7, 11) is 1.72. The third-order valence-corrected chi connectivity index (χ3v) is 4.57. The van der Waals surface area contributed by atoms with E-state index in [-0.39, 0.29) is 17.3 Å². The minimum absolute atomic E-state index is 0.224. The molecule has 2 atom stereocenters. The van der Waals surface area contributed by atoms with Crippen LogP contribution in [-0.2, 0) is 7.05 Å². The summed E-state index contributed by atoms with van der Waals surface area (Å²) in [5, 5.41) is 11.6. The van der Waals surface area contributed by atoms with Crippen molar-refractivity contribution in [2.75, 3.05) is 0 Å². The molecule has 0 fully saturated rings. The van der Waals surface area contributed by atoms with Gasteiger partial charge in [0.05, 0.1) is 16.8 Å². The van der Waals surface area contributed by atoms with E-state index >= 15 is 0 Å². The lowest BCUT2D eigenvalue weighted by Crippen LogP contribution is -2.26. The molecule has 6 heteroatoms. The number of Topliss-reactive ketones (excluding diaryl/α,β-unsaturated/α-hetero) is 1. The van der Waals surface area contributed by atoms with Crippen LogP contribution in [0.5, 0.6) is 0 Å². The van der Waals surface area contributed by atoms with E-state index in [1.165, 1.54) is 6.20 Å². The third-order valence-electron chi connectivity index (χ3n) is 4.57. The van der Waals surface area contributed by atoms with Gasteiger partial charge in [0.15, 0.2) is 5.82 Å². The smallest absolute Gasteiger partial charge is 0.247 e. The molecule has 3 aromatic rings. The first-order chi connectivity index (χ1) is 13.0. The number of allylic oxidation sites excluding steroid dienone is 1. The van der Waals surface area contributed by atoms with E-state index < -0.39 is 16.8 Å². The van der Waals surface area contributed by atoms with E-state index in [1.54, 1.807) is 54.2 Å². The van der Waals surface area contributed by atoms with Gasteiger partial charge in [0.1, 0.15) is 0 Å². The van der Waals surface area contributed by atoms with Crippen LogP contribution in [0.3, 0.4) is 0 Å². The zero-order valence-corrected chi connectivity index (χ0v) is 14.9. The average molecular weight is 361 g/mol. The molecule has 2 aromatic carbocycles. The molecule has 27 heavy (non-hydrogen) atoms. The highest BCUT2D eigenvalue weighted by molar-refractivity contribution is 5.99. The summed E-state index contributed by atoms with van der Waals surface area (Å²) in [6.07, 6.45) is 3.21. The Labute approximate surface area is 156 Å². The predicted octanol–water partition coefficient (Wildman–Crippen LogP) is 3.96. The number of nitrogens with zero attached hydrogens (tertiary/aromatic N) is 3.